The van der Waals surface area contributed by atoms with Gasteiger partial charge in [0, 0.05) is 19.3 Å². The zero-order valence-corrected chi connectivity index (χ0v) is 9.95. The zero-order chi connectivity index (χ0) is 12.5. The highest BCUT2D eigenvalue weighted by atomic mass is 16.2. The monoisotopic (exact) mass is 246 g/mol. The average molecular weight is 246 g/mol. The van der Waals surface area contributed by atoms with Gasteiger partial charge in [-0.2, -0.15) is 5.10 Å². The Kier molecular flexibility index (Phi) is 2.62. The summed E-state index contributed by atoms with van der Waals surface area (Å²) >= 11 is 0. The zero-order valence-electron chi connectivity index (χ0n) is 9.95. The molecule has 3 rings (SSSR count). The summed E-state index contributed by atoms with van der Waals surface area (Å²) in [6, 6.07) is 3.51. The van der Waals surface area contributed by atoms with Crippen LogP contribution < -0.4 is 5.56 Å². The summed E-state index contributed by atoms with van der Waals surface area (Å²) in [5.41, 5.74) is 0.314. The lowest BCUT2D eigenvalue weighted by Crippen LogP contribution is -2.36. The molecule has 2 aromatic heterocycles. The molecule has 0 saturated carbocycles. The third-order valence-corrected chi connectivity index (χ3v) is 3.29. The summed E-state index contributed by atoms with van der Waals surface area (Å²) in [6.07, 6.45) is 5.40. The minimum atomic E-state index is -0.227. The quantitative estimate of drug-likeness (QED) is 0.756. The molecule has 6 nitrogen and oxygen atoms in total. The van der Waals surface area contributed by atoms with Gasteiger partial charge in [0.1, 0.15) is 18.4 Å². The topological polar surface area (TPSA) is 59.6 Å². The maximum atomic E-state index is 12.0. The molecule has 0 aliphatic carbocycles. The predicted octanol–water partition coefficient (Wildman–Crippen LogP) is 0.118. The largest absolute Gasteiger partial charge is 0.341 e. The van der Waals surface area contributed by atoms with Gasteiger partial charge in [0.25, 0.3) is 5.56 Å². The van der Waals surface area contributed by atoms with Crippen LogP contribution in [0.5, 0.6) is 0 Å². The molecular weight excluding hydrogens is 232 g/mol. The normalized spacial score (nSPS) is 15.4. The smallest absolute Gasteiger partial charge is 0.291 e. The van der Waals surface area contributed by atoms with Crippen LogP contribution in [0, 0.1) is 0 Å². The Bertz CT molecular complexity index is 637. The number of carbonyl (C=O) groups excluding carboxylic acids is 1. The fourth-order valence-electron chi connectivity index (χ4n) is 2.29. The van der Waals surface area contributed by atoms with Gasteiger partial charge in [0.15, 0.2) is 0 Å². The van der Waals surface area contributed by atoms with Crippen molar-refractivity contribution in [3.63, 3.8) is 0 Å². The maximum absolute atomic E-state index is 12.0. The molecule has 0 aromatic carbocycles. The molecule has 1 amide bonds. The van der Waals surface area contributed by atoms with Crippen LogP contribution in [0.2, 0.25) is 0 Å². The van der Waals surface area contributed by atoms with E-state index in [1.165, 1.54) is 4.68 Å². The number of nitrogens with zero attached hydrogens (tertiary/aromatic N) is 4. The van der Waals surface area contributed by atoms with Gasteiger partial charge in [0.2, 0.25) is 5.91 Å². The molecule has 1 fully saturated rings. The van der Waals surface area contributed by atoms with Gasteiger partial charge in [-0.25, -0.2) is 4.68 Å². The van der Waals surface area contributed by atoms with E-state index < -0.39 is 0 Å². The molecule has 94 valence electrons. The summed E-state index contributed by atoms with van der Waals surface area (Å²) in [4.78, 5) is 25.8. The molecule has 1 aliphatic rings. The number of rotatable bonds is 2. The summed E-state index contributed by atoms with van der Waals surface area (Å²) in [5, 5.41) is 4.01. The van der Waals surface area contributed by atoms with Crippen LogP contribution in [0.25, 0.3) is 5.52 Å². The van der Waals surface area contributed by atoms with Crippen LogP contribution >= 0.6 is 0 Å². The highest BCUT2D eigenvalue weighted by Gasteiger charge is 2.19. The van der Waals surface area contributed by atoms with E-state index in [9.17, 15) is 9.59 Å². The van der Waals surface area contributed by atoms with Crippen LogP contribution in [0.15, 0.2) is 29.5 Å². The van der Waals surface area contributed by atoms with E-state index in [0.29, 0.717) is 5.52 Å². The van der Waals surface area contributed by atoms with Crippen molar-refractivity contribution in [1.29, 1.82) is 0 Å². The maximum Gasteiger partial charge on any atom is 0.291 e. The lowest BCUT2D eigenvalue weighted by Gasteiger charge is -2.15. The van der Waals surface area contributed by atoms with Crippen molar-refractivity contribution in [2.24, 2.45) is 0 Å². The van der Waals surface area contributed by atoms with E-state index in [1.54, 1.807) is 34.0 Å². The molecule has 2 aromatic rings. The molecule has 1 saturated heterocycles. The van der Waals surface area contributed by atoms with Crippen LogP contribution in [0.1, 0.15) is 12.8 Å². The molecule has 0 spiro atoms. The van der Waals surface area contributed by atoms with E-state index in [4.69, 9.17) is 0 Å². The number of fused-ring (bicyclic) bond motifs is 1. The Morgan fingerprint density at radius 3 is 2.89 bits per heavy atom. The number of carbonyl (C=O) groups is 1. The number of hydrogen-bond acceptors (Lipinski definition) is 3. The fourth-order valence-corrected chi connectivity index (χ4v) is 2.29. The molecule has 6 heteroatoms. The average Bonchev–Trinajstić information content (AvgIpc) is 3.02. The molecule has 0 atom stereocenters. The predicted molar refractivity (Wildman–Crippen MR) is 65.3 cm³/mol. The number of likely N-dealkylation sites (tertiary alicyclic amines) is 1. The Labute approximate surface area is 103 Å². The minimum Gasteiger partial charge on any atom is -0.341 e. The molecule has 0 N–H and O–H groups in total. The first-order valence-electron chi connectivity index (χ1n) is 6.06. The summed E-state index contributed by atoms with van der Waals surface area (Å²) in [6.45, 7) is 1.61. The first-order chi connectivity index (χ1) is 8.75. The molecular formula is C12H14N4O2. The minimum absolute atomic E-state index is 0.0283. The second-order valence-electron chi connectivity index (χ2n) is 4.48. The van der Waals surface area contributed by atoms with E-state index in [0.717, 1.165) is 25.9 Å². The Hall–Kier alpha value is -2.11. The van der Waals surface area contributed by atoms with E-state index >= 15 is 0 Å². The van der Waals surface area contributed by atoms with E-state index in [2.05, 4.69) is 5.10 Å². The molecule has 0 bridgehead atoms. The Morgan fingerprint density at radius 2 is 2.11 bits per heavy atom. The van der Waals surface area contributed by atoms with Crippen molar-refractivity contribution in [1.82, 2.24) is 19.1 Å². The van der Waals surface area contributed by atoms with Crippen molar-refractivity contribution < 1.29 is 4.79 Å². The van der Waals surface area contributed by atoms with Crippen molar-refractivity contribution in [3.8, 4) is 0 Å². The van der Waals surface area contributed by atoms with Gasteiger partial charge in [-0.1, -0.05) is 0 Å². The van der Waals surface area contributed by atoms with Crippen LogP contribution in [-0.4, -0.2) is 38.1 Å². The van der Waals surface area contributed by atoms with Gasteiger partial charge in [-0.3, -0.25) is 9.59 Å². The number of amides is 1. The third-order valence-electron chi connectivity index (χ3n) is 3.29. The first-order valence-corrected chi connectivity index (χ1v) is 6.06. The molecule has 3 heterocycles. The Balaban J connectivity index is 1.88. The summed E-state index contributed by atoms with van der Waals surface area (Å²) in [7, 11) is 0. The molecule has 18 heavy (non-hydrogen) atoms. The highest BCUT2D eigenvalue weighted by molar-refractivity contribution is 5.76. The summed E-state index contributed by atoms with van der Waals surface area (Å²) in [5.74, 6) is -0.0296. The van der Waals surface area contributed by atoms with Gasteiger partial charge in [-0.15, -0.1) is 0 Å². The SMILES string of the molecule is O=C(Cn1ncn2cccc2c1=O)N1CCCC1. The van der Waals surface area contributed by atoms with Crippen molar-refractivity contribution in [2.45, 2.75) is 19.4 Å². The standard InChI is InChI=1S/C12H14N4O2/c17-11(14-5-1-2-6-14)8-16-12(18)10-4-3-7-15(10)9-13-16/h3-4,7,9H,1-2,5-6,8H2. The van der Waals surface area contributed by atoms with Crippen LogP contribution in [0.4, 0.5) is 0 Å². The van der Waals surface area contributed by atoms with Crippen molar-refractivity contribution in [2.75, 3.05) is 13.1 Å². The molecule has 1 aliphatic heterocycles. The van der Waals surface area contributed by atoms with E-state index in [-0.39, 0.29) is 18.0 Å². The van der Waals surface area contributed by atoms with E-state index in [1.807, 2.05) is 0 Å². The Morgan fingerprint density at radius 1 is 1.33 bits per heavy atom. The van der Waals surface area contributed by atoms with Crippen LogP contribution in [-0.2, 0) is 11.3 Å². The van der Waals surface area contributed by atoms with Crippen molar-refractivity contribution >= 4 is 11.4 Å². The molecule has 0 unspecified atom stereocenters. The van der Waals surface area contributed by atoms with Crippen LogP contribution in [0.3, 0.4) is 0 Å². The lowest BCUT2D eigenvalue weighted by molar-refractivity contribution is -0.131. The molecule has 0 radical (unpaired) electrons. The number of hydrogen-bond donors (Lipinski definition) is 0. The second-order valence-corrected chi connectivity index (χ2v) is 4.48. The highest BCUT2D eigenvalue weighted by Crippen LogP contribution is 2.07. The van der Waals surface area contributed by atoms with Gasteiger partial charge >= 0.3 is 0 Å². The van der Waals surface area contributed by atoms with Gasteiger partial charge in [0.05, 0.1) is 0 Å². The second kappa shape index (κ2) is 4.29. The summed E-state index contributed by atoms with van der Waals surface area (Å²) < 4.78 is 2.88. The first kappa shape index (κ1) is 11.0. The number of aromatic nitrogens is 3. The van der Waals surface area contributed by atoms with Gasteiger partial charge in [-0.05, 0) is 25.0 Å². The third kappa shape index (κ3) is 1.79. The fraction of sp³-hybridized carbons (Fsp3) is 0.417. The van der Waals surface area contributed by atoms with Gasteiger partial charge < -0.3 is 9.30 Å². The van der Waals surface area contributed by atoms with Crippen molar-refractivity contribution in [3.05, 3.63) is 35.0 Å². The lowest BCUT2D eigenvalue weighted by atomic mass is 10.4.